The van der Waals surface area contributed by atoms with Crippen LogP contribution in [-0.2, 0) is 13.0 Å². The molecule has 1 aromatic heterocycles. The summed E-state index contributed by atoms with van der Waals surface area (Å²) < 4.78 is 7.66. The number of hydrogen-bond donors (Lipinski definition) is 1. The van der Waals surface area contributed by atoms with E-state index >= 15 is 0 Å². The zero-order valence-corrected chi connectivity index (χ0v) is 15.4. The van der Waals surface area contributed by atoms with Gasteiger partial charge in [-0.2, -0.15) is 0 Å². The first kappa shape index (κ1) is 16.0. The van der Waals surface area contributed by atoms with Gasteiger partial charge in [0.1, 0.15) is 5.75 Å². The van der Waals surface area contributed by atoms with Crippen LogP contribution in [0.3, 0.4) is 0 Å². The van der Waals surface area contributed by atoms with Gasteiger partial charge in [-0.15, -0.1) is 11.3 Å². The van der Waals surface area contributed by atoms with E-state index in [1.54, 1.807) is 18.4 Å². The lowest BCUT2D eigenvalue weighted by Gasteiger charge is -2.15. The number of rotatable bonds is 6. The summed E-state index contributed by atoms with van der Waals surface area (Å²) >= 11 is 8.79. The third-order valence-electron chi connectivity index (χ3n) is 3.04. The van der Waals surface area contributed by atoms with Crippen molar-refractivity contribution in [1.29, 1.82) is 0 Å². The molecule has 1 aromatic carbocycles. The Hall–Kier alpha value is -0.360. The fraction of sp³-hybridized carbons (Fsp3) is 0.333. The lowest BCUT2D eigenvalue weighted by Crippen LogP contribution is -2.27. The Morgan fingerprint density at radius 1 is 1.30 bits per heavy atom. The van der Waals surface area contributed by atoms with Gasteiger partial charge in [0, 0.05) is 21.9 Å². The Bertz CT molecular complexity index is 551. The Balaban J connectivity index is 1.90. The van der Waals surface area contributed by atoms with E-state index in [1.165, 1.54) is 10.4 Å². The van der Waals surface area contributed by atoms with Gasteiger partial charge in [0.15, 0.2) is 0 Å². The molecule has 0 aliphatic rings. The van der Waals surface area contributed by atoms with E-state index in [0.29, 0.717) is 6.04 Å². The Labute approximate surface area is 140 Å². The van der Waals surface area contributed by atoms with Gasteiger partial charge < -0.3 is 10.1 Å². The van der Waals surface area contributed by atoms with Crippen molar-refractivity contribution in [3.63, 3.8) is 0 Å². The molecule has 0 radical (unpaired) electrons. The van der Waals surface area contributed by atoms with Crippen molar-refractivity contribution < 1.29 is 4.74 Å². The second-order valence-electron chi connectivity index (χ2n) is 4.63. The van der Waals surface area contributed by atoms with Crippen LogP contribution in [0.15, 0.2) is 38.6 Å². The van der Waals surface area contributed by atoms with Crippen LogP contribution in [-0.4, -0.2) is 13.2 Å². The zero-order chi connectivity index (χ0) is 14.5. The van der Waals surface area contributed by atoms with Crippen molar-refractivity contribution in [3.05, 3.63) is 49.0 Å². The lowest BCUT2D eigenvalue weighted by molar-refractivity contribution is 0.406. The van der Waals surface area contributed by atoms with Crippen LogP contribution in [0.5, 0.6) is 5.75 Å². The summed E-state index contributed by atoms with van der Waals surface area (Å²) in [5, 5.41) is 3.55. The molecule has 5 heteroatoms. The van der Waals surface area contributed by atoms with Crippen molar-refractivity contribution in [3.8, 4) is 5.75 Å². The number of nitrogens with one attached hydrogen (secondary N) is 1. The monoisotopic (exact) mass is 417 g/mol. The van der Waals surface area contributed by atoms with Crippen LogP contribution in [0.1, 0.15) is 17.4 Å². The summed E-state index contributed by atoms with van der Waals surface area (Å²) in [6.07, 6.45) is 0.956. The van der Waals surface area contributed by atoms with Crippen LogP contribution < -0.4 is 10.1 Å². The van der Waals surface area contributed by atoms with Crippen molar-refractivity contribution >= 4 is 43.2 Å². The van der Waals surface area contributed by atoms with Gasteiger partial charge in [-0.05, 0) is 62.9 Å². The molecule has 0 fully saturated rings. The van der Waals surface area contributed by atoms with E-state index in [2.05, 4.69) is 62.3 Å². The van der Waals surface area contributed by atoms with E-state index in [4.69, 9.17) is 4.74 Å². The molecular formula is C15H17Br2NOS. The summed E-state index contributed by atoms with van der Waals surface area (Å²) in [6.45, 7) is 3.08. The number of thiophene rings is 1. The fourth-order valence-electron chi connectivity index (χ4n) is 2.03. The molecule has 0 saturated carbocycles. The van der Waals surface area contributed by atoms with Crippen molar-refractivity contribution in [2.24, 2.45) is 0 Å². The predicted octanol–water partition coefficient (Wildman–Crippen LogP) is 5.00. The highest BCUT2D eigenvalue weighted by Crippen LogP contribution is 2.32. The summed E-state index contributed by atoms with van der Waals surface area (Å²) in [5.74, 6) is 0.961. The molecule has 2 aromatic rings. The van der Waals surface area contributed by atoms with Gasteiger partial charge >= 0.3 is 0 Å². The van der Waals surface area contributed by atoms with Gasteiger partial charge in [-0.1, -0.05) is 18.2 Å². The zero-order valence-electron chi connectivity index (χ0n) is 11.5. The summed E-state index contributed by atoms with van der Waals surface area (Å²) in [5.41, 5.74) is 1.24. The van der Waals surface area contributed by atoms with Crippen LogP contribution in [0, 0.1) is 0 Å². The first-order valence-electron chi connectivity index (χ1n) is 6.39. The maximum atomic E-state index is 5.39. The smallest absolute Gasteiger partial charge is 0.122 e. The maximum absolute atomic E-state index is 5.39. The second-order valence-corrected chi connectivity index (χ2v) is 7.94. The van der Waals surface area contributed by atoms with Crippen molar-refractivity contribution in [2.45, 2.75) is 25.9 Å². The topological polar surface area (TPSA) is 21.3 Å². The minimum Gasteiger partial charge on any atom is -0.496 e. The maximum Gasteiger partial charge on any atom is 0.122 e. The van der Waals surface area contributed by atoms with Crippen molar-refractivity contribution in [1.82, 2.24) is 5.32 Å². The molecule has 2 rings (SSSR count). The molecule has 0 amide bonds. The first-order chi connectivity index (χ1) is 9.60. The molecule has 0 saturated heterocycles. The quantitative estimate of drug-likeness (QED) is 0.712. The fourth-order valence-corrected chi connectivity index (χ4v) is 4.15. The predicted molar refractivity (Wildman–Crippen MR) is 92.7 cm³/mol. The molecule has 20 heavy (non-hydrogen) atoms. The van der Waals surface area contributed by atoms with E-state index in [9.17, 15) is 0 Å². The SMILES string of the molecule is COc1ccccc1CC(C)NCc1cc(Br)c(Br)s1. The number of para-hydroxylation sites is 1. The van der Waals surface area contributed by atoms with Gasteiger partial charge in [0.2, 0.25) is 0 Å². The minimum atomic E-state index is 0.394. The first-order valence-corrected chi connectivity index (χ1v) is 8.79. The second kappa shape index (κ2) is 7.59. The molecule has 1 atom stereocenters. The highest BCUT2D eigenvalue weighted by Gasteiger charge is 2.09. The average Bonchev–Trinajstić information content (AvgIpc) is 2.76. The third-order valence-corrected chi connectivity index (χ3v) is 6.30. The number of ether oxygens (including phenoxy) is 1. The number of benzene rings is 1. The lowest BCUT2D eigenvalue weighted by atomic mass is 10.1. The van der Waals surface area contributed by atoms with E-state index in [-0.39, 0.29) is 0 Å². The summed E-state index contributed by atoms with van der Waals surface area (Å²) in [4.78, 5) is 1.32. The average molecular weight is 419 g/mol. The molecule has 1 N–H and O–H groups in total. The van der Waals surface area contributed by atoms with Crippen LogP contribution in [0.4, 0.5) is 0 Å². The van der Waals surface area contributed by atoms with Gasteiger partial charge in [-0.3, -0.25) is 0 Å². The van der Waals surface area contributed by atoms with Crippen LogP contribution in [0.25, 0.3) is 0 Å². The molecule has 1 heterocycles. The highest BCUT2D eigenvalue weighted by molar-refractivity contribution is 9.13. The molecule has 2 nitrogen and oxygen atoms in total. The van der Waals surface area contributed by atoms with Crippen molar-refractivity contribution in [2.75, 3.05) is 7.11 Å². The summed E-state index contributed by atoms with van der Waals surface area (Å²) in [6, 6.07) is 10.7. The van der Waals surface area contributed by atoms with Gasteiger partial charge in [-0.25, -0.2) is 0 Å². The molecule has 108 valence electrons. The number of methoxy groups -OCH3 is 1. The number of hydrogen-bond acceptors (Lipinski definition) is 3. The molecule has 0 aliphatic heterocycles. The minimum absolute atomic E-state index is 0.394. The van der Waals surface area contributed by atoms with Gasteiger partial charge in [0.25, 0.3) is 0 Å². The standard InChI is InChI=1S/C15H17Br2NOS/c1-10(7-11-5-3-4-6-14(11)19-2)18-9-12-8-13(16)15(17)20-12/h3-6,8,10,18H,7,9H2,1-2H3. The van der Waals surface area contributed by atoms with E-state index in [0.717, 1.165) is 27.0 Å². The Morgan fingerprint density at radius 2 is 2.05 bits per heavy atom. The normalized spacial score (nSPS) is 12.4. The van der Waals surface area contributed by atoms with E-state index in [1.807, 2.05) is 12.1 Å². The Kier molecular flexibility index (Phi) is 6.08. The molecule has 0 spiro atoms. The highest BCUT2D eigenvalue weighted by atomic mass is 79.9. The largest absolute Gasteiger partial charge is 0.496 e. The molecule has 0 bridgehead atoms. The van der Waals surface area contributed by atoms with E-state index < -0.39 is 0 Å². The molecule has 0 aliphatic carbocycles. The Morgan fingerprint density at radius 3 is 2.70 bits per heavy atom. The summed E-state index contributed by atoms with van der Waals surface area (Å²) in [7, 11) is 1.72. The molecule has 1 unspecified atom stereocenters. The van der Waals surface area contributed by atoms with Crippen LogP contribution in [0.2, 0.25) is 0 Å². The van der Waals surface area contributed by atoms with Crippen LogP contribution >= 0.6 is 43.2 Å². The molecular weight excluding hydrogens is 402 g/mol. The number of halogens is 2. The third kappa shape index (κ3) is 4.32. The van der Waals surface area contributed by atoms with Gasteiger partial charge in [0.05, 0.1) is 10.9 Å².